The molecule has 0 radical (unpaired) electrons. The minimum atomic E-state index is -1.02. The molecule has 8 rings (SSSR count). The number of rotatable bonds is 7. The summed E-state index contributed by atoms with van der Waals surface area (Å²) >= 11 is 0. The van der Waals surface area contributed by atoms with E-state index in [0.717, 1.165) is 60.9 Å². The van der Waals surface area contributed by atoms with Crippen LogP contribution in [0.3, 0.4) is 0 Å². The molecule has 1 amide bonds. The number of anilines is 1. The van der Waals surface area contributed by atoms with Crippen LogP contribution in [0.15, 0.2) is 24.3 Å². The molecule has 3 N–H and O–H groups in total. The van der Waals surface area contributed by atoms with Crippen LogP contribution in [-0.4, -0.2) is 32.6 Å². The van der Waals surface area contributed by atoms with Gasteiger partial charge in [-0.25, -0.2) is 9.78 Å². The van der Waals surface area contributed by atoms with Crippen LogP contribution >= 0.6 is 0 Å². The van der Waals surface area contributed by atoms with Crippen molar-refractivity contribution < 1.29 is 19.4 Å². The molecule has 3 atom stereocenters. The molecule has 1 heterocycles. The van der Waals surface area contributed by atoms with E-state index in [1.165, 1.54) is 50.7 Å². The molecule has 0 spiro atoms. The molecule has 0 aliphatic heterocycles. The Balaban J connectivity index is 1.15. The van der Waals surface area contributed by atoms with Crippen LogP contribution in [0.5, 0.6) is 0 Å². The van der Waals surface area contributed by atoms with Crippen molar-refractivity contribution in [3.05, 3.63) is 47.0 Å². The van der Waals surface area contributed by atoms with Gasteiger partial charge in [-0.2, -0.15) is 0 Å². The predicted octanol–water partition coefficient (Wildman–Crippen LogP) is 5.75. The van der Waals surface area contributed by atoms with Gasteiger partial charge in [0.25, 0.3) is 5.91 Å². The number of fused-ring (bicyclic) bond motifs is 2. The monoisotopic (exact) mass is 489 g/mol. The highest BCUT2D eigenvalue weighted by Gasteiger charge is 2.52. The van der Waals surface area contributed by atoms with E-state index in [1.54, 1.807) is 12.1 Å². The van der Waals surface area contributed by atoms with Gasteiger partial charge in [0.1, 0.15) is 5.82 Å². The van der Waals surface area contributed by atoms with Crippen molar-refractivity contribution in [3.8, 4) is 0 Å². The third-order valence-corrected chi connectivity index (χ3v) is 9.97. The summed E-state index contributed by atoms with van der Waals surface area (Å²) in [6, 6.07) is 6.35. The lowest BCUT2D eigenvalue weighted by Gasteiger charge is -2.56. The van der Waals surface area contributed by atoms with Crippen molar-refractivity contribution >= 4 is 17.6 Å². The fourth-order valence-corrected chi connectivity index (χ4v) is 8.83. The van der Waals surface area contributed by atoms with E-state index in [0.29, 0.717) is 29.8 Å². The number of aromatic amines is 1. The molecule has 7 nitrogen and oxygen atoms in total. The molecule has 190 valence electrons. The number of carboxylic acid groups (broad SMARTS) is 1. The number of carbonyl (C=O) groups is 2. The molecule has 6 aliphatic rings. The fourth-order valence-electron chi connectivity index (χ4n) is 8.83. The molecular weight excluding hydrogens is 454 g/mol. The highest BCUT2D eigenvalue weighted by molar-refractivity contribution is 6.04. The highest BCUT2D eigenvalue weighted by Crippen LogP contribution is 2.57. The van der Waals surface area contributed by atoms with Crippen molar-refractivity contribution in [1.29, 1.82) is 0 Å². The van der Waals surface area contributed by atoms with Crippen LogP contribution in [0.25, 0.3) is 0 Å². The Kier molecular flexibility index (Phi) is 5.28. The normalized spacial score (nSPS) is 35.9. The molecule has 1 aromatic carbocycles. The zero-order valence-electron chi connectivity index (χ0n) is 20.7. The first-order chi connectivity index (χ1) is 17.4. The molecular formula is C29H35N3O4. The maximum Gasteiger partial charge on any atom is 0.335 e. The molecule has 6 saturated carbocycles. The summed E-state index contributed by atoms with van der Waals surface area (Å²) in [6.45, 7) is 0.373. The molecule has 1 aromatic heterocycles. The van der Waals surface area contributed by atoms with Crippen molar-refractivity contribution in [2.45, 2.75) is 82.3 Å². The maximum absolute atomic E-state index is 13.4. The molecule has 2 aromatic rings. The second-order valence-electron chi connectivity index (χ2n) is 12.5. The van der Waals surface area contributed by atoms with Gasteiger partial charge in [-0.05, 0) is 106 Å². The maximum atomic E-state index is 13.4. The average Bonchev–Trinajstić information content (AvgIpc) is 3.58. The number of nitrogens with zero attached hydrogens (tertiary/aromatic N) is 1. The Labute approximate surface area is 211 Å². The van der Waals surface area contributed by atoms with Gasteiger partial charge in [0.2, 0.25) is 0 Å². The third-order valence-electron chi connectivity index (χ3n) is 9.97. The SMILES string of the molecule is O=C(O)c1cccc(NC(=O)c2nc([C@@H]3CC4CC[C@@H]3C4)[nH]c2COC23CC4CC(CC(C4)C2)C3)c1. The summed E-state index contributed by atoms with van der Waals surface area (Å²) in [5, 5.41) is 12.2. The molecule has 1 unspecified atom stereocenters. The molecule has 6 bridgehead atoms. The molecule has 0 saturated heterocycles. The lowest BCUT2D eigenvalue weighted by atomic mass is 9.54. The molecule has 7 heteroatoms. The van der Waals surface area contributed by atoms with Gasteiger partial charge in [0, 0.05) is 11.6 Å². The summed E-state index contributed by atoms with van der Waals surface area (Å²) in [4.78, 5) is 33.2. The minimum absolute atomic E-state index is 0.0456. The topological polar surface area (TPSA) is 104 Å². The number of imidazole rings is 1. The van der Waals surface area contributed by atoms with Crippen LogP contribution in [0.2, 0.25) is 0 Å². The first-order valence-corrected chi connectivity index (χ1v) is 13.8. The average molecular weight is 490 g/mol. The van der Waals surface area contributed by atoms with Crippen molar-refractivity contribution in [3.63, 3.8) is 0 Å². The summed E-state index contributed by atoms with van der Waals surface area (Å²) in [5.41, 5.74) is 1.70. The van der Waals surface area contributed by atoms with E-state index in [4.69, 9.17) is 9.72 Å². The second-order valence-corrected chi connectivity index (χ2v) is 12.5. The number of aromatic nitrogens is 2. The molecule has 6 fully saturated rings. The fraction of sp³-hybridized carbons (Fsp3) is 0.621. The van der Waals surface area contributed by atoms with Crippen LogP contribution in [0.1, 0.15) is 102 Å². The number of nitrogens with one attached hydrogen (secondary N) is 2. The van der Waals surface area contributed by atoms with Crippen LogP contribution in [-0.2, 0) is 11.3 Å². The number of carboxylic acids is 1. The van der Waals surface area contributed by atoms with Crippen LogP contribution in [0, 0.1) is 29.6 Å². The first-order valence-electron chi connectivity index (χ1n) is 13.8. The summed E-state index contributed by atoms with van der Waals surface area (Å²) in [5.74, 6) is 3.82. The largest absolute Gasteiger partial charge is 0.478 e. The molecule has 36 heavy (non-hydrogen) atoms. The van der Waals surface area contributed by atoms with Gasteiger partial charge in [-0.3, -0.25) is 4.79 Å². The number of H-pyrrole nitrogens is 1. The van der Waals surface area contributed by atoms with E-state index < -0.39 is 5.97 Å². The van der Waals surface area contributed by atoms with Crippen LogP contribution in [0.4, 0.5) is 5.69 Å². The van der Waals surface area contributed by atoms with E-state index in [-0.39, 0.29) is 17.1 Å². The lowest BCUT2D eigenvalue weighted by molar-refractivity contribution is -0.169. The molecule has 6 aliphatic carbocycles. The van der Waals surface area contributed by atoms with Crippen LogP contribution < -0.4 is 5.32 Å². The van der Waals surface area contributed by atoms with Gasteiger partial charge in [0.05, 0.1) is 23.5 Å². The Morgan fingerprint density at radius 3 is 2.42 bits per heavy atom. The van der Waals surface area contributed by atoms with Gasteiger partial charge in [0.15, 0.2) is 5.69 Å². The standard InChI is InChI=1S/C29H35N3O4/c33-27(30-22-3-1-2-21(11-22)28(34)35)25-24(31-26(32-25)23-10-16-4-5-20(23)9-16)15-36-29-12-17-6-18(13-29)8-19(7-17)14-29/h1-3,11,16-20,23H,4-10,12-15H2,(H,30,33)(H,31,32)(H,34,35)/t16?,17?,18?,19?,20-,23-,29?/m1/s1. The number of hydrogen-bond donors (Lipinski definition) is 3. The zero-order chi connectivity index (χ0) is 24.4. The van der Waals surface area contributed by atoms with Gasteiger partial charge in [-0.15, -0.1) is 0 Å². The quantitative estimate of drug-likeness (QED) is 0.459. The number of carbonyl (C=O) groups excluding carboxylic acids is 1. The number of hydrogen-bond acceptors (Lipinski definition) is 4. The zero-order valence-corrected chi connectivity index (χ0v) is 20.7. The lowest BCUT2D eigenvalue weighted by Crippen LogP contribution is -2.51. The minimum Gasteiger partial charge on any atom is -0.478 e. The number of amides is 1. The van der Waals surface area contributed by atoms with E-state index in [1.807, 2.05) is 0 Å². The second kappa shape index (κ2) is 8.44. The number of ether oxygens (including phenoxy) is 1. The summed E-state index contributed by atoms with van der Waals surface area (Å²) < 4.78 is 6.73. The van der Waals surface area contributed by atoms with Gasteiger partial charge < -0.3 is 20.1 Å². The summed E-state index contributed by atoms with van der Waals surface area (Å²) in [6.07, 6.45) is 12.5. The third kappa shape index (κ3) is 3.96. The van der Waals surface area contributed by atoms with Gasteiger partial charge in [-0.1, -0.05) is 12.5 Å². The smallest absolute Gasteiger partial charge is 0.335 e. The van der Waals surface area contributed by atoms with E-state index in [9.17, 15) is 14.7 Å². The Bertz CT molecular complexity index is 1170. The van der Waals surface area contributed by atoms with E-state index >= 15 is 0 Å². The number of aromatic carboxylic acids is 1. The summed E-state index contributed by atoms with van der Waals surface area (Å²) in [7, 11) is 0. The predicted molar refractivity (Wildman–Crippen MR) is 134 cm³/mol. The van der Waals surface area contributed by atoms with Crippen molar-refractivity contribution in [1.82, 2.24) is 9.97 Å². The van der Waals surface area contributed by atoms with Crippen molar-refractivity contribution in [2.24, 2.45) is 29.6 Å². The highest BCUT2D eigenvalue weighted by atomic mass is 16.5. The first kappa shape index (κ1) is 22.5. The van der Waals surface area contributed by atoms with Crippen molar-refractivity contribution in [2.75, 3.05) is 5.32 Å². The number of benzene rings is 1. The Hall–Kier alpha value is -2.67. The Morgan fingerprint density at radius 2 is 1.78 bits per heavy atom. The van der Waals surface area contributed by atoms with E-state index in [2.05, 4.69) is 10.3 Å². The Morgan fingerprint density at radius 1 is 1.03 bits per heavy atom. The van der Waals surface area contributed by atoms with Gasteiger partial charge >= 0.3 is 5.97 Å².